The summed E-state index contributed by atoms with van der Waals surface area (Å²) in [6, 6.07) is 0. The van der Waals surface area contributed by atoms with E-state index in [1.807, 2.05) is 6.92 Å². The molecule has 0 aromatic rings. The molecule has 1 saturated carbocycles. The number of Topliss-reactive ketones (excluding diaryl/α,β-unsaturated/α-hetero) is 1. The van der Waals surface area contributed by atoms with Gasteiger partial charge in [0.25, 0.3) is 0 Å². The summed E-state index contributed by atoms with van der Waals surface area (Å²) >= 11 is 0. The van der Waals surface area contributed by atoms with Crippen molar-refractivity contribution in [2.45, 2.75) is 26.9 Å². The van der Waals surface area contributed by atoms with Gasteiger partial charge in [0.05, 0.1) is 6.10 Å². The van der Waals surface area contributed by atoms with Crippen LogP contribution in [0.1, 0.15) is 20.8 Å². The SMILES string of the molecule is CC(=O)[C@@H]1[C@H](C)[C@H]1C(C)O. The van der Waals surface area contributed by atoms with Crippen molar-refractivity contribution in [2.75, 3.05) is 0 Å². The molecule has 0 aromatic carbocycles. The lowest BCUT2D eigenvalue weighted by Crippen LogP contribution is -2.07. The molecule has 0 aliphatic heterocycles. The topological polar surface area (TPSA) is 37.3 Å². The van der Waals surface area contributed by atoms with E-state index >= 15 is 0 Å². The van der Waals surface area contributed by atoms with Crippen molar-refractivity contribution in [1.29, 1.82) is 0 Å². The molecule has 0 spiro atoms. The van der Waals surface area contributed by atoms with E-state index in [0.29, 0.717) is 5.92 Å². The van der Waals surface area contributed by atoms with E-state index in [9.17, 15) is 4.79 Å². The van der Waals surface area contributed by atoms with Gasteiger partial charge < -0.3 is 5.11 Å². The van der Waals surface area contributed by atoms with Gasteiger partial charge in [0.2, 0.25) is 0 Å². The fourth-order valence-electron chi connectivity index (χ4n) is 1.87. The van der Waals surface area contributed by atoms with Crippen LogP contribution in [0.4, 0.5) is 0 Å². The van der Waals surface area contributed by atoms with E-state index < -0.39 is 0 Å². The van der Waals surface area contributed by atoms with Crippen LogP contribution in [0.15, 0.2) is 0 Å². The first-order valence-electron chi connectivity index (χ1n) is 3.74. The summed E-state index contributed by atoms with van der Waals surface area (Å²) < 4.78 is 0. The molecule has 1 unspecified atom stereocenters. The molecule has 0 saturated heterocycles. The second kappa shape index (κ2) is 2.35. The molecule has 58 valence electrons. The number of carbonyl (C=O) groups is 1. The van der Waals surface area contributed by atoms with E-state index in [0.717, 1.165) is 0 Å². The predicted molar refractivity (Wildman–Crippen MR) is 38.5 cm³/mol. The van der Waals surface area contributed by atoms with Gasteiger partial charge in [-0.15, -0.1) is 0 Å². The summed E-state index contributed by atoms with van der Waals surface area (Å²) in [5.74, 6) is 0.994. The van der Waals surface area contributed by atoms with Gasteiger partial charge in [-0.25, -0.2) is 0 Å². The lowest BCUT2D eigenvalue weighted by atomic mass is 10.2. The number of hydrogen-bond donors (Lipinski definition) is 1. The Balaban J connectivity index is 2.49. The van der Waals surface area contributed by atoms with Crippen LogP contribution in [0.2, 0.25) is 0 Å². The highest BCUT2D eigenvalue weighted by Crippen LogP contribution is 2.48. The summed E-state index contributed by atoms with van der Waals surface area (Å²) in [5.41, 5.74) is 0. The molecule has 2 nitrogen and oxygen atoms in total. The molecule has 1 N–H and O–H groups in total. The smallest absolute Gasteiger partial charge is 0.133 e. The monoisotopic (exact) mass is 142 g/mol. The van der Waals surface area contributed by atoms with Crippen LogP contribution < -0.4 is 0 Å². The molecule has 0 aromatic heterocycles. The van der Waals surface area contributed by atoms with E-state index in [4.69, 9.17) is 5.11 Å². The summed E-state index contributed by atoms with van der Waals surface area (Å²) in [6.45, 7) is 5.37. The fourth-order valence-corrected chi connectivity index (χ4v) is 1.87. The third-order valence-corrected chi connectivity index (χ3v) is 2.47. The number of ketones is 1. The third-order valence-electron chi connectivity index (χ3n) is 2.47. The van der Waals surface area contributed by atoms with Gasteiger partial charge in [-0.1, -0.05) is 6.92 Å². The molecule has 1 aliphatic rings. The number of aliphatic hydroxyl groups is 1. The summed E-state index contributed by atoms with van der Waals surface area (Å²) in [7, 11) is 0. The molecular formula is C8H14O2. The molecule has 1 aliphatic carbocycles. The van der Waals surface area contributed by atoms with Crippen molar-refractivity contribution in [3.63, 3.8) is 0 Å². The first-order valence-corrected chi connectivity index (χ1v) is 3.74. The molecule has 10 heavy (non-hydrogen) atoms. The average Bonchev–Trinajstić information content (AvgIpc) is 2.40. The van der Waals surface area contributed by atoms with Crippen LogP contribution in [-0.2, 0) is 4.79 Å². The zero-order valence-corrected chi connectivity index (χ0v) is 6.66. The normalized spacial score (nSPS) is 41.0. The largest absolute Gasteiger partial charge is 0.393 e. The number of rotatable bonds is 2. The first-order chi connectivity index (χ1) is 4.55. The van der Waals surface area contributed by atoms with Crippen molar-refractivity contribution in [3.8, 4) is 0 Å². The number of aliphatic hydroxyl groups excluding tert-OH is 1. The van der Waals surface area contributed by atoms with Gasteiger partial charge in [0.1, 0.15) is 5.78 Å². The van der Waals surface area contributed by atoms with Gasteiger partial charge in [-0.2, -0.15) is 0 Å². The van der Waals surface area contributed by atoms with Crippen LogP contribution in [-0.4, -0.2) is 17.0 Å². The third kappa shape index (κ3) is 1.08. The van der Waals surface area contributed by atoms with Crippen molar-refractivity contribution in [3.05, 3.63) is 0 Å². The molecule has 0 heterocycles. The molecule has 1 rings (SSSR count). The van der Waals surface area contributed by atoms with Gasteiger partial charge >= 0.3 is 0 Å². The molecule has 4 atom stereocenters. The van der Waals surface area contributed by atoms with E-state index in [2.05, 4.69) is 0 Å². The van der Waals surface area contributed by atoms with Crippen LogP contribution in [0, 0.1) is 17.8 Å². The minimum absolute atomic E-state index is 0.139. The van der Waals surface area contributed by atoms with E-state index in [-0.39, 0.29) is 23.7 Å². The molecule has 2 heteroatoms. The number of hydrogen-bond acceptors (Lipinski definition) is 2. The molecular weight excluding hydrogens is 128 g/mol. The first kappa shape index (κ1) is 7.73. The van der Waals surface area contributed by atoms with Crippen LogP contribution in [0.3, 0.4) is 0 Å². The zero-order valence-electron chi connectivity index (χ0n) is 6.66. The Labute approximate surface area is 61.2 Å². The van der Waals surface area contributed by atoms with Crippen molar-refractivity contribution < 1.29 is 9.90 Å². The number of carbonyl (C=O) groups excluding carboxylic acids is 1. The standard InChI is InChI=1S/C8H14O2/c1-4-7(5(2)9)8(4)6(3)10/h4-5,7-9H,1-3H3/t4-,5?,7+,8+/m1/s1. The maximum absolute atomic E-state index is 10.8. The minimum Gasteiger partial charge on any atom is -0.393 e. The second-order valence-corrected chi connectivity index (χ2v) is 3.31. The second-order valence-electron chi connectivity index (χ2n) is 3.31. The Hall–Kier alpha value is -0.370. The molecule has 0 amide bonds. The van der Waals surface area contributed by atoms with Gasteiger partial charge in [-0.3, -0.25) is 4.79 Å². The molecule has 0 radical (unpaired) electrons. The van der Waals surface area contributed by atoms with E-state index in [1.165, 1.54) is 0 Å². The van der Waals surface area contributed by atoms with Crippen LogP contribution in [0.5, 0.6) is 0 Å². The van der Waals surface area contributed by atoms with Crippen molar-refractivity contribution in [1.82, 2.24) is 0 Å². The van der Waals surface area contributed by atoms with E-state index in [1.54, 1.807) is 13.8 Å². The predicted octanol–water partition coefficient (Wildman–Crippen LogP) is 0.838. The highest BCUT2D eigenvalue weighted by Gasteiger charge is 2.51. The summed E-state index contributed by atoms with van der Waals surface area (Å²) in [4.78, 5) is 10.8. The summed E-state index contributed by atoms with van der Waals surface area (Å²) in [6.07, 6.45) is -0.316. The maximum atomic E-state index is 10.8. The highest BCUT2D eigenvalue weighted by molar-refractivity contribution is 5.81. The molecule has 1 fully saturated rings. The maximum Gasteiger partial charge on any atom is 0.133 e. The van der Waals surface area contributed by atoms with Gasteiger partial charge in [-0.05, 0) is 25.7 Å². The quantitative estimate of drug-likeness (QED) is 0.620. The minimum atomic E-state index is -0.316. The van der Waals surface area contributed by atoms with Crippen molar-refractivity contribution in [2.24, 2.45) is 17.8 Å². The van der Waals surface area contributed by atoms with Crippen LogP contribution >= 0.6 is 0 Å². The van der Waals surface area contributed by atoms with Crippen LogP contribution in [0.25, 0.3) is 0 Å². The lowest BCUT2D eigenvalue weighted by molar-refractivity contribution is -0.118. The van der Waals surface area contributed by atoms with Gasteiger partial charge in [0, 0.05) is 5.92 Å². The Morgan fingerprint density at radius 2 is 2.10 bits per heavy atom. The Morgan fingerprint density at radius 3 is 2.20 bits per heavy atom. The lowest BCUT2D eigenvalue weighted by Gasteiger charge is -1.98. The van der Waals surface area contributed by atoms with Crippen molar-refractivity contribution >= 4 is 5.78 Å². The average molecular weight is 142 g/mol. The Bertz CT molecular complexity index is 151. The molecule has 0 bridgehead atoms. The zero-order chi connectivity index (χ0) is 7.89. The van der Waals surface area contributed by atoms with Gasteiger partial charge in [0.15, 0.2) is 0 Å². The fraction of sp³-hybridized carbons (Fsp3) is 0.875. The Kier molecular flexibility index (Phi) is 1.82. The summed E-state index contributed by atoms with van der Waals surface area (Å²) in [5, 5.41) is 9.13. The highest BCUT2D eigenvalue weighted by atomic mass is 16.3. The Morgan fingerprint density at radius 1 is 1.60 bits per heavy atom.